The van der Waals surface area contributed by atoms with Crippen LogP contribution in [0.2, 0.25) is 5.02 Å². The number of aryl methyl sites for hydroxylation is 1. The van der Waals surface area contributed by atoms with Crippen LogP contribution in [-0.4, -0.2) is 42.5 Å². The van der Waals surface area contributed by atoms with Crippen LogP contribution in [0.4, 0.5) is 5.95 Å². The Morgan fingerprint density at radius 3 is 2.81 bits per heavy atom. The largest absolute Gasteiger partial charge is 0.355 e. The maximum atomic E-state index is 9.58. The van der Waals surface area contributed by atoms with Crippen LogP contribution in [0, 0.1) is 17.2 Å². The molecule has 4 aromatic heterocycles. The molecular weight excluding hydrogens is 486 g/mol. The molecule has 4 heterocycles. The van der Waals surface area contributed by atoms with Gasteiger partial charge in [0.05, 0.1) is 39.4 Å². The number of hydrogen-bond donors (Lipinski definition) is 1. The quantitative estimate of drug-likeness (QED) is 0.367. The van der Waals surface area contributed by atoms with Gasteiger partial charge in [-0.15, -0.1) is 0 Å². The fourth-order valence-corrected chi connectivity index (χ4v) is 5.11. The van der Waals surface area contributed by atoms with Crippen LogP contribution in [-0.2, 0) is 20.6 Å². The zero-order valence-corrected chi connectivity index (χ0v) is 21.7. The van der Waals surface area contributed by atoms with Crippen molar-refractivity contribution in [3.05, 3.63) is 64.4 Å². The smallest absolute Gasteiger partial charge is 0.206 e. The first-order valence-corrected chi connectivity index (χ1v) is 12.6. The van der Waals surface area contributed by atoms with Gasteiger partial charge in [0.1, 0.15) is 11.6 Å². The van der Waals surface area contributed by atoms with Gasteiger partial charge >= 0.3 is 0 Å². The lowest BCUT2D eigenvalue weighted by Gasteiger charge is -2.13. The summed E-state index contributed by atoms with van der Waals surface area (Å²) in [5, 5.41) is 20.5. The normalized spacial score (nSPS) is 14.0. The van der Waals surface area contributed by atoms with Crippen molar-refractivity contribution in [2.75, 3.05) is 18.9 Å². The minimum absolute atomic E-state index is 0.468. The van der Waals surface area contributed by atoms with E-state index < -0.39 is 0 Å². The van der Waals surface area contributed by atoms with Crippen molar-refractivity contribution in [3.63, 3.8) is 0 Å². The Bertz CT molecular complexity index is 1780. The first-order chi connectivity index (χ1) is 18.0. The molecular formula is C27H26ClN9. The number of para-hydroxylation sites is 1. The van der Waals surface area contributed by atoms with Gasteiger partial charge in [0.15, 0.2) is 5.65 Å². The number of rotatable bonds is 6. The van der Waals surface area contributed by atoms with Gasteiger partial charge < -0.3 is 9.88 Å². The molecule has 1 fully saturated rings. The van der Waals surface area contributed by atoms with Gasteiger partial charge in [-0.25, -0.2) is 0 Å². The molecule has 0 saturated heterocycles. The molecule has 10 heteroatoms. The molecule has 5 aromatic rings. The van der Waals surface area contributed by atoms with E-state index in [1.54, 1.807) is 13.2 Å². The zero-order valence-electron chi connectivity index (χ0n) is 20.9. The zero-order chi connectivity index (χ0) is 25.7. The van der Waals surface area contributed by atoms with E-state index in [0.717, 1.165) is 51.2 Å². The van der Waals surface area contributed by atoms with Gasteiger partial charge in [0.25, 0.3) is 0 Å². The molecule has 9 nitrogen and oxygen atoms in total. The van der Waals surface area contributed by atoms with Crippen LogP contribution in [0.3, 0.4) is 0 Å². The summed E-state index contributed by atoms with van der Waals surface area (Å²) in [4.78, 5) is 14.1. The number of pyridine rings is 1. The number of halogens is 1. The molecule has 0 amide bonds. The van der Waals surface area contributed by atoms with Crippen molar-refractivity contribution >= 4 is 39.5 Å². The summed E-state index contributed by atoms with van der Waals surface area (Å²) in [6.45, 7) is 1.35. The molecule has 0 spiro atoms. The standard InChI is InChI=1S/C27H26ClN9/c1-30-26-22-24(21-11-17(12-29)14-35(21)2)37(15-18-9-10-31-23-19(18)5-4-6-20(23)28)34-25(22)33-27(36(26)3)32-13-16-7-8-16/h4-6,9-11,14,16H,7-8,13,15H2,1-3H3,(H,32,33,34). The van der Waals surface area contributed by atoms with Crippen LogP contribution in [0.15, 0.2) is 47.7 Å². The summed E-state index contributed by atoms with van der Waals surface area (Å²) in [5.41, 5.74) is 5.45. The number of fused-ring (bicyclic) bond motifs is 2. The van der Waals surface area contributed by atoms with E-state index >= 15 is 0 Å². The third kappa shape index (κ3) is 4.03. The van der Waals surface area contributed by atoms with Crippen LogP contribution in [0.25, 0.3) is 33.3 Å². The lowest BCUT2D eigenvalue weighted by Crippen LogP contribution is -2.24. The second kappa shape index (κ2) is 9.05. The number of nitrogens with one attached hydrogen (secondary N) is 1. The Balaban J connectivity index is 1.60. The molecule has 186 valence electrons. The van der Waals surface area contributed by atoms with E-state index in [-0.39, 0.29) is 0 Å². The van der Waals surface area contributed by atoms with Crippen molar-refractivity contribution in [1.82, 2.24) is 28.9 Å². The topological polar surface area (TPSA) is 102 Å². The highest BCUT2D eigenvalue weighted by atomic mass is 35.5. The highest BCUT2D eigenvalue weighted by molar-refractivity contribution is 6.35. The molecule has 1 saturated carbocycles. The Kier molecular flexibility index (Phi) is 5.69. The molecule has 0 atom stereocenters. The number of aromatic nitrogens is 6. The summed E-state index contributed by atoms with van der Waals surface area (Å²) in [6, 6.07) is 11.9. The van der Waals surface area contributed by atoms with Crippen molar-refractivity contribution in [2.45, 2.75) is 19.4 Å². The predicted molar refractivity (Wildman–Crippen MR) is 144 cm³/mol. The molecule has 1 aliphatic carbocycles. The van der Waals surface area contributed by atoms with E-state index in [1.165, 1.54) is 12.8 Å². The SMILES string of the molecule is CN=c1c2c(-c3cc(C#N)cn3C)n(Cc3ccnc4c(Cl)cccc34)nc2nc(NCC2CC2)n1C. The summed E-state index contributed by atoms with van der Waals surface area (Å²) >= 11 is 6.44. The lowest BCUT2D eigenvalue weighted by molar-refractivity contribution is 0.698. The molecule has 0 radical (unpaired) electrons. The van der Waals surface area contributed by atoms with Gasteiger partial charge in [0, 0.05) is 45.5 Å². The van der Waals surface area contributed by atoms with Gasteiger partial charge in [-0.1, -0.05) is 23.7 Å². The number of benzene rings is 1. The number of nitrogens with zero attached hydrogens (tertiary/aromatic N) is 8. The number of nitriles is 1. The molecule has 1 aliphatic rings. The second-order valence-corrected chi connectivity index (χ2v) is 9.92. The van der Waals surface area contributed by atoms with Gasteiger partial charge in [-0.05, 0) is 42.5 Å². The van der Waals surface area contributed by atoms with E-state index in [1.807, 2.05) is 64.4 Å². The summed E-state index contributed by atoms with van der Waals surface area (Å²) < 4.78 is 5.88. The summed E-state index contributed by atoms with van der Waals surface area (Å²) in [6.07, 6.45) is 6.10. The first kappa shape index (κ1) is 23.3. The van der Waals surface area contributed by atoms with Gasteiger partial charge in [-0.2, -0.15) is 15.3 Å². The van der Waals surface area contributed by atoms with Crippen LogP contribution < -0.4 is 10.8 Å². The predicted octanol–water partition coefficient (Wildman–Crippen LogP) is 4.25. The van der Waals surface area contributed by atoms with E-state index in [0.29, 0.717) is 28.7 Å². The highest BCUT2D eigenvalue weighted by Gasteiger charge is 2.24. The molecule has 0 unspecified atom stereocenters. The minimum atomic E-state index is 0.468. The van der Waals surface area contributed by atoms with Crippen LogP contribution in [0.5, 0.6) is 0 Å². The average Bonchev–Trinajstić information content (AvgIpc) is 3.56. The molecule has 37 heavy (non-hydrogen) atoms. The maximum Gasteiger partial charge on any atom is 0.206 e. The Labute approximate surface area is 218 Å². The van der Waals surface area contributed by atoms with Crippen LogP contribution >= 0.6 is 11.6 Å². The third-order valence-electron chi connectivity index (χ3n) is 6.97. The Morgan fingerprint density at radius 2 is 2.08 bits per heavy atom. The fraction of sp³-hybridized carbons (Fsp3) is 0.296. The highest BCUT2D eigenvalue weighted by Crippen LogP contribution is 2.31. The first-order valence-electron chi connectivity index (χ1n) is 12.2. The molecule has 1 aromatic carbocycles. The van der Waals surface area contributed by atoms with Gasteiger partial charge in [0.2, 0.25) is 5.95 Å². The number of anilines is 1. The second-order valence-electron chi connectivity index (χ2n) is 9.51. The average molecular weight is 512 g/mol. The van der Waals surface area contributed by atoms with Crippen molar-refractivity contribution in [1.29, 1.82) is 5.26 Å². The Morgan fingerprint density at radius 1 is 1.24 bits per heavy atom. The Hall–Kier alpha value is -4.16. The molecule has 6 rings (SSSR count). The van der Waals surface area contributed by atoms with Gasteiger partial charge in [-0.3, -0.25) is 19.2 Å². The van der Waals surface area contributed by atoms with Crippen LogP contribution in [0.1, 0.15) is 24.0 Å². The maximum absolute atomic E-state index is 9.58. The third-order valence-corrected chi connectivity index (χ3v) is 7.28. The molecule has 1 N–H and O–H groups in total. The number of hydrogen-bond acceptors (Lipinski definition) is 6. The minimum Gasteiger partial charge on any atom is -0.355 e. The molecule has 0 aliphatic heterocycles. The van der Waals surface area contributed by atoms with E-state index in [2.05, 4.69) is 21.4 Å². The van der Waals surface area contributed by atoms with E-state index in [4.69, 9.17) is 21.7 Å². The molecule has 0 bridgehead atoms. The summed E-state index contributed by atoms with van der Waals surface area (Å²) in [5.74, 6) is 1.44. The summed E-state index contributed by atoms with van der Waals surface area (Å²) in [7, 11) is 5.68. The fourth-order valence-electron chi connectivity index (χ4n) is 4.89. The van der Waals surface area contributed by atoms with Crippen molar-refractivity contribution in [3.8, 4) is 17.5 Å². The van der Waals surface area contributed by atoms with E-state index in [9.17, 15) is 5.26 Å². The monoisotopic (exact) mass is 511 g/mol. The lowest BCUT2D eigenvalue weighted by atomic mass is 10.1. The van der Waals surface area contributed by atoms with Crippen molar-refractivity contribution in [2.24, 2.45) is 25.0 Å². The van der Waals surface area contributed by atoms with Crippen molar-refractivity contribution < 1.29 is 0 Å².